The molecule has 4 nitrogen and oxygen atoms in total. The number of aromatic nitrogens is 3. The molecule has 0 N–H and O–H groups in total. The van der Waals surface area contributed by atoms with Crippen molar-refractivity contribution in [3.63, 3.8) is 0 Å². The zero-order valence-electron chi connectivity index (χ0n) is 30.8. The van der Waals surface area contributed by atoms with Gasteiger partial charge in [-0.15, -0.1) is 0 Å². The maximum Gasteiger partial charge on any atom is 0.188 e. The van der Waals surface area contributed by atoms with Crippen LogP contribution >= 0.6 is 0 Å². The predicted molar refractivity (Wildman–Crippen MR) is 237 cm³/mol. The topological polar surface area (TPSA) is 35.1 Å². The highest BCUT2D eigenvalue weighted by molar-refractivity contribution is 6.24. The highest BCUT2D eigenvalue weighted by Crippen LogP contribution is 2.44. The van der Waals surface area contributed by atoms with Crippen molar-refractivity contribution in [2.45, 2.75) is 0 Å². The molecule has 0 radical (unpaired) electrons. The van der Waals surface area contributed by atoms with Crippen molar-refractivity contribution in [3.8, 4) is 50.5 Å². The van der Waals surface area contributed by atoms with Gasteiger partial charge in [0, 0.05) is 34.6 Å². The van der Waals surface area contributed by atoms with E-state index in [4.69, 9.17) is 16.5 Å². The molecular weight excluding hydrogens is 693 g/mol. The Bertz CT molecular complexity index is 3340. The Labute approximate surface area is 329 Å². The lowest BCUT2D eigenvalue weighted by Crippen LogP contribution is -1.93. The van der Waals surface area contributed by atoms with Crippen LogP contribution in [0.25, 0.3) is 109 Å². The summed E-state index contributed by atoms with van der Waals surface area (Å²) in [6.45, 7) is 7.79. The standard InChI is InChI=1S/C53H32N4/c1-54-38-22-24-53-49(31-38)48-30-34(21-23-52(48)57(53)39-13-3-2-4-14-39)44-32-46-43-18-8-6-16-41(43)45(33-47(46)42-17-7-5-15-40(42)44)35-27-36(50-19-9-11-25-55-50)29-37(28-35)51-20-10-12-26-56-51/h2-33H. The maximum absolute atomic E-state index is 7.79. The first-order chi connectivity index (χ1) is 28.2. The van der Waals surface area contributed by atoms with Gasteiger partial charge < -0.3 is 4.57 Å². The van der Waals surface area contributed by atoms with Crippen LogP contribution in [0, 0.1) is 6.57 Å². The molecule has 0 unspecified atom stereocenters. The van der Waals surface area contributed by atoms with E-state index in [1.807, 2.05) is 54.9 Å². The number of nitrogens with zero attached hydrogens (tertiary/aromatic N) is 4. The highest BCUT2D eigenvalue weighted by atomic mass is 15.0. The molecule has 57 heavy (non-hydrogen) atoms. The number of pyridine rings is 2. The second-order valence-electron chi connectivity index (χ2n) is 14.5. The maximum atomic E-state index is 7.79. The molecular formula is C53H32N4. The summed E-state index contributed by atoms with van der Waals surface area (Å²) in [7, 11) is 0. The van der Waals surface area contributed by atoms with Crippen molar-refractivity contribution >= 4 is 59.8 Å². The molecule has 0 aliphatic carbocycles. The van der Waals surface area contributed by atoms with E-state index >= 15 is 0 Å². The minimum Gasteiger partial charge on any atom is -0.309 e. The Balaban J connectivity index is 1.17. The van der Waals surface area contributed by atoms with Gasteiger partial charge in [0.05, 0.1) is 29.0 Å². The number of hydrogen-bond acceptors (Lipinski definition) is 2. The third-order valence-electron chi connectivity index (χ3n) is 11.3. The first-order valence-electron chi connectivity index (χ1n) is 19.1. The van der Waals surface area contributed by atoms with Crippen molar-refractivity contribution in [2.75, 3.05) is 0 Å². The summed E-state index contributed by atoms with van der Waals surface area (Å²) in [6, 6.07) is 64.4. The molecule has 0 bridgehead atoms. The largest absolute Gasteiger partial charge is 0.309 e. The van der Waals surface area contributed by atoms with Crippen LogP contribution in [0.3, 0.4) is 0 Å². The van der Waals surface area contributed by atoms with E-state index in [-0.39, 0.29) is 0 Å². The summed E-state index contributed by atoms with van der Waals surface area (Å²) in [4.78, 5) is 13.3. The Morgan fingerprint density at radius 1 is 0.368 bits per heavy atom. The lowest BCUT2D eigenvalue weighted by atomic mass is 9.86. The first-order valence-corrected chi connectivity index (χ1v) is 19.1. The summed E-state index contributed by atoms with van der Waals surface area (Å²) in [5.74, 6) is 0. The number of para-hydroxylation sites is 1. The lowest BCUT2D eigenvalue weighted by Gasteiger charge is -2.17. The first kappa shape index (κ1) is 32.6. The second-order valence-corrected chi connectivity index (χ2v) is 14.5. The fraction of sp³-hybridized carbons (Fsp3) is 0. The predicted octanol–water partition coefficient (Wildman–Crippen LogP) is 14.3. The van der Waals surface area contributed by atoms with Crippen LogP contribution in [0.5, 0.6) is 0 Å². The Morgan fingerprint density at radius 2 is 0.877 bits per heavy atom. The molecule has 264 valence electrons. The van der Waals surface area contributed by atoms with Gasteiger partial charge in [-0.2, -0.15) is 0 Å². The molecule has 0 fully saturated rings. The highest BCUT2D eigenvalue weighted by Gasteiger charge is 2.18. The molecule has 4 heteroatoms. The molecule has 0 amide bonds. The zero-order valence-corrected chi connectivity index (χ0v) is 30.8. The normalized spacial score (nSPS) is 11.5. The molecule has 0 aliphatic rings. The van der Waals surface area contributed by atoms with Gasteiger partial charge in [-0.05, 0) is 151 Å². The third-order valence-corrected chi connectivity index (χ3v) is 11.3. The van der Waals surface area contributed by atoms with Crippen LogP contribution in [0.1, 0.15) is 0 Å². The second kappa shape index (κ2) is 13.2. The van der Waals surface area contributed by atoms with Gasteiger partial charge in [0.2, 0.25) is 0 Å². The molecule has 0 saturated heterocycles. The van der Waals surface area contributed by atoms with E-state index < -0.39 is 0 Å². The van der Waals surface area contributed by atoms with E-state index in [1.165, 1.54) is 37.9 Å². The van der Waals surface area contributed by atoms with Crippen LogP contribution in [0.15, 0.2) is 194 Å². The quantitative estimate of drug-likeness (QED) is 0.131. The van der Waals surface area contributed by atoms with Gasteiger partial charge in [-0.3, -0.25) is 9.97 Å². The van der Waals surface area contributed by atoms with Gasteiger partial charge in [-0.25, -0.2) is 4.85 Å². The van der Waals surface area contributed by atoms with Crippen LogP contribution in [-0.2, 0) is 0 Å². The van der Waals surface area contributed by atoms with Crippen LogP contribution in [-0.4, -0.2) is 14.5 Å². The number of fused-ring (bicyclic) bond motifs is 8. The number of rotatable bonds is 5. The molecule has 3 aromatic heterocycles. The summed E-state index contributed by atoms with van der Waals surface area (Å²) < 4.78 is 2.30. The molecule has 8 aromatic carbocycles. The molecule has 0 spiro atoms. The Morgan fingerprint density at radius 3 is 1.46 bits per heavy atom. The van der Waals surface area contributed by atoms with Crippen molar-refractivity contribution in [1.29, 1.82) is 0 Å². The lowest BCUT2D eigenvalue weighted by molar-refractivity contribution is 1.18. The van der Waals surface area contributed by atoms with Crippen molar-refractivity contribution in [2.24, 2.45) is 0 Å². The molecule has 0 saturated carbocycles. The van der Waals surface area contributed by atoms with Crippen LogP contribution in [0.2, 0.25) is 0 Å². The van der Waals surface area contributed by atoms with Gasteiger partial charge in [0.1, 0.15) is 0 Å². The number of hydrogen-bond donors (Lipinski definition) is 0. The third kappa shape index (κ3) is 5.37. The summed E-state index contributed by atoms with van der Waals surface area (Å²) in [5.41, 5.74) is 12.5. The van der Waals surface area contributed by atoms with Crippen molar-refractivity contribution < 1.29 is 0 Å². The minimum absolute atomic E-state index is 0.635. The minimum atomic E-state index is 0.635. The molecule has 11 aromatic rings. The average Bonchev–Trinajstić information content (AvgIpc) is 3.62. The van der Waals surface area contributed by atoms with E-state index in [9.17, 15) is 0 Å². The van der Waals surface area contributed by atoms with E-state index in [0.29, 0.717) is 5.69 Å². The van der Waals surface area contributed by atoms with Gasteiger partial charge in [0.25, 0.3) is 0 Å². The monoisotopic (exact) mass is 724 g/mol. The van der Waals surface area contributed by atoms with Gasteiger partial charge >= 0.3 is 0 Å². The summed E-state index contributed by atoms with van der Waals surface area (Å²) in [5, 5.41) is 9.37. The van der Waals surface area contributed by atoms with Gasteiger partial charge in [0.15, 0.2) is 5.69 Å². The SMILES string of the molecule is [C-]#[N+]c1ccc2c(c1)c1cc(-c3cc4c5ccccc5c(-c5cc(-c6ccccn6)cc(-c6ccccn6)c5)cc4c4ccccc34)ccc1n2-c1ccccc1. The molecule has 11 rings (SSSR count). The summed E-state index contributed by atoms with van der Waals surface area (Å²) in [6.07, 6.45) is 3.70. The fourth-order valence-electron chi connectivity index (χ4n) is 8.68. The Hall–Kier alpha value is -7.87. The smallest absolute Gasteiger partial charge is 0.188 e. The van der Waals surface area contributed by atoms with E-state index in [2.05, 4.69) is 149 Å². The number of benzene rings is 8. The molecule has 0 atom stereocenters. The zero-order chi connectivity index (χ0) is 37.9. The van der Waals surface area contributed by atoms with Crippen molar-refractivity contribution in [3.05, 3.63) is 206 Å². The summed E-state index contributed by atoms with van der Waals surface area (Å²) >= 11 is 0. The fourth-order valence-corrected chi connectivity index (χ4v) is 8.68. The van der Waals surface area contributed by atoms with Crippen LogP contribution < -0.4 is 0 Å². The van der Waals surface area contributed by atoms with Crippen molar-refractivity contribution in [1.82, 2.24) is 14.5 Å². The average molecular weight is 725 g/mol. The van der Waals surface area contributed by atoms with Gasteiger partial charge in [-0.1, -0.05) is 91.0 Å². The van der Waals surface area contributed by atoms with E-state index in [1.54, 1.807) is 0 Å². The Kier molecular flexibility index (Phi) is 7.52. The molecule has 3 heterocycles. The molecule has 0 aliphatic heterocycles. The van der Waals surface area contributed by atoms with Crippen LogP contribution in [0.4, 0.5) is 5.69 Å². The van der Waals surface area contributed by atoms with E-state index in [0.717, 1.165) is 66.7 Å².